The molecule has 1 saturated heterocycles. The Hall–Kier alpha value is -3.67. The number of anilines is 2. The van der Waals surface area contributed by atoms with E-state index in [0.717, 1.165) is 23.5 Å². The first-order valence-corrected chi connectivity index (χ1v) is 9.61. The summed E-state index contributed by atoms with van der Waals surface area (Å²) in [5, 5.41) is 9.38. The van der Waals surface area contributed by atoms with Gasteiger partial charge in [-0.15, -0.1) is 0 Å². The maximum Gasteiger partial charge on any atom is 0.409 e. The summed E-state index contributed by atoms with van der Waals surface area (Å²) in [6.07, 6.45) is 1.97. The molecule has 1 atom stereocenters. The van der Waals surface area contributed by atoms with E-state index in [2.05, 4.69) is 11.1 Å². The van der Waals surface area contributed by atoms with Crippen molar-refractivity contribution in [2.45, 2.75) is 12.5 Å². The van der Waals surface area contributed by atoms with Crippen LogP contribution < -0.4 is 19.1 Å². The Balaban J connectivity index is 1.57. The average Bonchev–Trinajstić information content (AvgIpc) is 3.26. The van der Waals surface area contributed by atoms with Crippen molar-refractivity contribution >= 4 is 17.5 Å². The molecular weight excluding hydrogens is 388 g/mol. The van der Waals surface area contributed by atoms with E-state index in [9.17, 15) is 10.1 Å². The minimum Gasteiger partial charge on any atom is -0.490 e. The van der Waals surface area contributed by atoms with Crippen molar-refractivity contribution in [3.63, 3.8) is 0 Å². The molecule has 0 bridgehead atoms. The van der Waals surface area contributed by atoms with Gasteiger partial charge in [-0.1, -0.05) is 0 Å². The number of amides is 1. The molecule has 0 spiro atoms. The number of likely N-dealkylation sites (tertiary alicyclic amines) is 1. The summed E-state index contributed by atoms with van der Waals surface area (Å²) in [6.45, 7) is 2.20. The number of carbonyl (C=O) groups is 1. The van der Waals surface area contributed by atoms with Crippen LogP contribution in [0.2, 0.25) is 0 Å². The molecule has 2 aliphatic rings. The molecule has 2 aliphatic heterocycles. The molecule has 30 heavy (non-hydrogen) atoms. The molecule has 4 rings (SSSR count). The molecule has 9 heteroatoms. The molecule has 156 valence electrons. The predicted octanol–water partition coefficient (Wildman–Crippen LogP) is 2.71. The number of pyridine rings is 1. The second kappa shape index (κ2) is 8.37. The normalized spacial score (nSPS) is 17.6. The van der Waals surface area contributed by atoms with Crippen molar-refractivity contribution in [2.24, 2.45) is 0 Å². The summed E-state index contributed by atoms with van der Waals surface area (Å²) >= 11 is 0. The smallest absolute Gasteiger partial charge is 0.409 e. The van der Waals surface area contributed by atoms with Crippen molar-refractivity contribution in [1.29, 1.82) is 5.26 Å². The van der Waals surface area contributed by atoms with Gasteiger partial charge in [0.25, 0.3) is 0 Å². The van der Waals surface area contributed by atoms with Gasteiger partial charge in [0.15, 0.2) is 0 Å². The van der Waals surface area contributed by atoms with Crippen LogP contribution in [0.3, 0.4) is 0 Å². The maximum atomic E-state index is 11.7. The van der Waals surface area contributed by atoms with Gasteiger partial charge in [0.2, 0.25) is 5.88 Å². The van der Waals surface area contributed by atoms with Gasteiger partial charge in [0.05, 0.1) is 44.9 Å². The fraction of sp³-hybridized carbons (Fsp3) is 0.381. The van der Waals surface area contributed by atoms with Gasteiger partial charge in [0, 0.05) is 19.0 Å². The first-order chi connectivity index (χ1) is 14.6. The van der Waals surface area contributed by atoms with Gasteiger partial charge < -0.3 is 28.7 Å². The van der Waals surface area contributed by atoms with Crippen LogP contribution in [0, 0.1) is 11.3 Å². The minimum atomic E-state index is -0.341. The summed E-state index contributed by atoms with van der Waals surface area (Å²) in [4.78, 5) is 19.6. The SMILES string of the molecule is COC(=O)N1CC[C@H](Oc2ccc3c(c2)N(c2cnc(OC)c(C#N)c2)CCO3)C1. The molecular formula is C21H22N4O5. The molecule has 1 aromatic carbocycles. The Kier molecular flexibility index (Phi) is 5.48. The number of methoxy groups -OCH3 is 2. The lowest BCUT2D eigenvalue weighted by molar-refractivity contribution is 0.125. The zero-order valence-electron chi connectivity index (χ0n) is 16.8. The topological polar surface area (TPSA) is 97.1 Å². The van der Waals surface area contributed by atoms with Crippen molar-refractivity contribution in [2.75, 3.05) is 45.4 Å². The highest BCUT2D eigenvalue weighted by Crippen LogP contribution is 2.40. The highest BCUT2D eigenvalue weighted by Gasteiger charge is 2.29. The number of carbonyl (C=O) groups excluding carboxylic acids is 1. The Bertz CT molecular complexity index is 990. The number of aromatic nitrogens is 1. The van der Waals surface area contributed by atoms with Gasteiger partial charge in [-0.25, -0.2) is 9.78 Å². The standard InChI is InChI=1S/C21H22N4O5/c1-27-20-14(11-22)9-15(12-23-20)25-7-8-29-19-4-3-16(10-18(19)25)30-17-5-6-24(13-17)21(26)28-2/h3-4,9-10,12,17H,5-8,13H2,1-2H3/t17-/m0/s1. The van der Waals surface area contributed by atoms with E-state index in [-0.39, 0.29) is 12.2 Å². The highest BCUT2D eigenvalue weighted by atomic mass is 16.5. The van der Waals surface area contributed by atoms with E-state index in [1.165, 1.54) is 14.2 Å². The number of hydrogen-bond acceptors (Lipinski definition) is 8. The van der Waals surface area contributed by atoms with E-state index >= 15 is 0 Å². The van der Waals surface area contributed by atoms with Gasteiger partial charge in [-0.05, 0) is 18.2 Å². The Labute approximate surface area is 174 Å². The van der Waals surface area contributed by atoms with Crippen molar-refractivity contribution < 1.29 is 23.7 Å². The van der Waals surface area contributed by atoms with Crippen LogP contribution in [0.25, 0.3) is 0 Å². The third-order valence-corrected chi connectivity index (χ3v) is 5.14. The summed E-state index contributed by atoms with van der Waals surface area (Å²) in [5.41, 5.74) is 1.97. The van der Waals surface area contributed by atoms with E-state index in [4.69, 9.17) is 18.9 Å². The monoisotopic (exact) mass is 410 g/mol. The minimum absolute atomic E-state index is 0.104. The first-order valence-electron chi connectivity index (χ1n) is 9.61. The molecule has 0 saturated carbocycles. The second-order valence-corrected chi connectivity index (χ2v) is 6.94. The zero-order chi connectivity index (χ0) is 21.1. The first kappa shape index (κ1) is 19.6. The molecule has 1 amide bonds. The molecule has 9 nitrogen and oxygen atoms in total. The molecule has 0 radical (unpaired) electrons. The van der Waals surface area contributed by atoms with Crippen LogP contribution >= 0.6 is 0 Å². The van der Waals surface area contributed by atoms with E-state index in [1.54, 1.807) is 17.2 Å². The van der Waals surface area contributed by atoms with Crippen LogP contribution in [0.15, 0.2) is 30.5 Å². The molecule has 0 aliphatic carbocycles. The van der Waals surface area contributed by atoms with Crippen LogP contribution in [-0.4, -0.2) is 62.5 Å². The predicted molar refractivity (Wildman–Crippen MR) is 107 cm³/mol. The number of ether oxygens (including phenoxy) is 4. The summed E-state index contributed by atoms with van der Waals surface area (Å²) in [7, 11) is 2.86. The lowest BCUT2D eigenvalue weighted by Gasteiger charge is -2.31. The number of benzene rings is 1. The van der Waals surface area contributed by atoms with Gasteiger partial charge in [-0.3, -0.25) is 0 Å². The number of fused-ring (bicyclic) bond motifs is 1. The Morgan fingerprint density at radius 3 is 2.93 bits per heavy atom. The molecule has 3 heterocycles. The summed E-state index contributed by atoms with van der Waals surface area (Å²) < 4.78 is 21.8. The number of nitriles is 1. The fourth-order valence-electron chi connectivity index (χ4n) is 3.68. The van der Waals surface area contributed by atoms with Gasteiger partial charge in [-0.2, -0.15) is 5.26 Å². The summed E-state index contributed by atoms with van der Waals surface area (Å²) in [6, 6.07) is 9.50. The van der Waals surface area contributed by atoms with Gasteiger partial charge in [0.1, 0.15) is 35.8 Å². The highest BCUT2D eigenvalue weighted by molar-refractivity contribution is 5.72. The number of hydrogen-bond donors (Lipinski definition) is 0. The third kappa shape index (κ3) is 3.76. The van der Waals surface area contributed by atoms with Crippen LogP contribution in [0.5, 0.6) is 17.4 Å². The lowest BCUT2D eigenvalue weighted by atomic mass is 10.2. The Morgan fingerprint density at radius 2 is 2.17 bits per heavy atom. The van der Waals surface area contributed by atoms with Crippen molar-refractivity contribution in [3.8, 4) is 23.4 Å². The van der Waals surface area contributed by atoms with Crippen LogP contribution in [0.4, 0.5) is 16.2 Å². The quantitative estimate of drug-likeness (QED) is 0.759. The van der Waals surface area contributed by atoms with E-state index in [0.29, 0.717) is 43.4 Å². The van der Waals surface area contributed by atoms with E-state index < -0.39 is 0 Å². The third-order valence-electron chi connectivity index (χ3n) is 5.14. The molecule has 0 N–H and O–H groups in total. The van der Waals surface area contributed by atoms with E-state index in [1.807, 2.05) is 23.1 Å². The number of rotatable bonds is 4. The average molecular weight is 410 g/mol. The second-order valence-electron chi connectivity index (χ2n) is 6.94. The summed E-state index contributed by atoms with van der Waals surface area (Å²) in [5.74, 6) is 1.71. The van der Waals surface area contributed by atoms with Crippen LogP contribution in [-0.2, 0) is 4.74 Å². The van der Waals surface area contributed by atoms with Crippen molar-refractivity contribution in [3.05, 3.63) is 36.0 Å². The molecule has 1 fully saturated rings. The van der Waals surface area contributed by atoms with Crippen LogP contribution in [0.1, 0.15) is 12.0 Å². The number of nitrogens with zero attached hydrogens (tertiary/aromatic N) is 4. The Morgan fingerprint density at radius 1 is 1.30 bits per heavy atom. The molecule has 0 unspecified atom stereocenters. The lowest BCUT2D eigenvalue weighted by Crippen LogP contribution is -2.31. The molecule has 1 aromatic heterocycles. The van der Waals surface area contributed by atoms with Gasteiger partial charge >= 0.3 is 6.09 Å². The van der Waals surface area contributed by atoms with Crippen molar-refractivity contribution in [1.82, 2.24) is 9.88 Å². The maximum absolute atomic E-state index is 11.7. The fourth-order valence-corrected chi connectivity index (χ4v) is 3.68. The molecule has 2 aromatic rings. The zero-order valence-corrected chi connectivity index (χ0v) is 16.8. The largest absolute Gasteiger partial charge is 0.490 e.